The molecule has 98 valence electrons. The molecular formula is C12H9BrN2O4. The Kier molecular flexibility index (Phi) is 3.66. The van der Waals surface area contributed by atoms with E-state index >= 15 is 0 Å². The zero-order valence-corrected chi connectivity index (χ0v) is 11.4. The largest absolute Gasteiger partial charge is 0.478 e. The number of aromatic carboxylic acids is 1. The maximum Gasteiger partial charge on any atom is 0.335 e. The number of hydrogen-bond acceptors (Lipinski definition) is 4. The fourth-order valence-electron chi connectivity index (χ4n) is 1.44. The van der Waals surface area contributed by atoms with Crippen LogP contribution in [0.15, 0.2) is 33.4 Å². The molecule has 0 aliphatic rings. The lowest BCUT2D eigenvalue weighted by molar-refractivity contribution is 0.0696. The van der Waals surface area contributed by atoms with Crippen LogP contribution in [0, 0.1) is 6.92 Å². The van der Waals surface area contributed by atoms with Crippen LogP contribution in [-0.2, 0) is 0 Å². The Balaban J connectivity index is 2.28. The fraction of sp³-hybridized carbons (Fsp3) is 0.0833. The lowest BCUT2D eigenvalue weighted by atomic mass is 10.2. The molecule has 0 saturated heterocycles. The van der Waals surface area contributed by atoms with Crippen LogP contribution < -0.4 is 5.32 Å². The predicted molar refractivity (Wildman–Crippen MR) is 70.3 cm³/mol. The van der Waals surface area contributed by atoms with Gasteiger partial charge in [-0.3, -0.25) is 4.79 Å². The summed E-state index contributed by atoms with van der Waals surface area (Å²) >= 11 is 3.24. The van der Waals surface area contributed by atoms with Crippen LogP contribution >= 0.6 is 15.9 Å². The van der Waals surface area contributed by atoms with E-state index in [9.17, 15) is 9.59 Å². The molecule has 1 aromatic heterocycles. The number of carbonyl (C=O) groups excluding carboxylic acids is 1. The van der Waals surface area contributed by atoms with Crippen LogP contribution in [0.3, 0.4) is 0 Å². The summed E-state index contributed by atoms with van der Waals surface area (Å²) in [5.74, 6) is -1.47. The van der Waals surface area contributed by atoms with Gasteiger partial charge in [-0.15, -0.1) is 0 Å². The van der Waals surface area contributed by atoms with Crippen molar-refractivity contribution in [1.82, 2.24) is 5.16 Å². The third-order valence-corrected chi connectivity index (χ3v) is 3.11. The van der Waals surface area contributed by atoms with Gasteiger partial charge < -0.3 is 14.9 Å². The number of carboxylic acids is 1. The number of rotatable bonds is 3. The number of anilines is 1. The summed E-state index contributed by atoms with van der Waals surface area (Å²) in [5.41, 5.74) is 1.02. The Labute approximate surface area is 116 Å². The topological polar surface area (TPSA) is 92.4 Å². The first kappa shape index (κ1) is 13.3. The van der Waals surface area contributed by atoms with Crippen molar-refractivity contribution >= 4 is 33.5 Å². The molecule has 0 radical (unpaired) electrons. The summed E-state index contributed by atoms with van der Waals surface area (Å²) in [5, 5.41) is 15.0. The number of aryl methyl sites for hydroxylation is 1. The van der Waals surface area contributed by atoms with Gasteiger partial charge in [-0.05, 0) is 41.1 Å². The minimum absolute atomic E-state index is 0.0767. The third kappa shape index (κ3) is 2.82. The predicted octanol–water partition coefficient (Wildman–Crippen LogP) is 2.70. The molecule has 0 fully saturated rings. The van der Waals surface area contributed by atoms with Crippen molar-refractivity contribution in [3.8, 4) is 0 Å². The second-order valence-corrected chi connectivity index (χ2v) is 4.65. The van der Waals surface area contributed by atoms with E-state index < -0.39 is 11.9 Å². The average Bonchev–Trinajstić information content (AvgIpc) is 2.78. The summed E-state index contributed by atoms with van der Waals surface area (Å²) in [7, 11) is 0. The maximum atomic E-state index is 11.9. The highest BCUT2D eigenvalue weighted by atomic mass is 79.9. The van der Waals surface area contributed by atoms with E-state index in [0.717, 1.165) is 0 Å². The second kappa shape index (κ2) is 5.23. The first-order chi connectivity index (χ1) is 8.99. The summed E-state index contributed by atoms with van der Waals surface area (Å²) in [6, 6.07) is 4.34. The molecule has 0 aliphatic carbocycles. The molecule has 1 heterocycles. The fourth-order valence-corrected chi connectivity index (χ4v) is 1.79. The van der Waals surface area contributed by atoms with Crippen LogP contribution in [-0.4, -0.2) is 22.1 Å². The minimum atomic E-state index is -1.07. The van der Waals surface area contributed by atoms with Gasteiger partial charge >= 0.3 is 5.97 Å². The van der Waals surface area contributed by atoms with Crippen LogP contribution in [0.2, 0.25) is 0 Å². The zero-order valence-electron chi connectivity index (χ0n) is 9.81. The number of benzene rings is 1. The van der Waals surface area contributed by atoms with Gasteiger partial charge in [0.05, 0.1) is 17.4 Å². The summed E-state index contributed by atoms with van der Waals surface area (Å²) in [4.78, 5) is 22.8. The first-order valence-corrected chi connectivity index (χ1v) is 6.04. The molecule has 0 unspecified atom stereocenters. The van der Waals surface area contributed by atoms with Gasteiger partial charge in [0, 0.05) is 10.0 Å². The number of nitrogens with zero attached hydrogens (tertiary/aromatic N) is 1. The lowest BCUT2D eigenvalue weighted by Crippen LogP contribution is -2.13. The molecule has 0 aliphatic heterocycles. The van der Waals surface area contributed by atoms with Crippen LogP contribution in [0.25, 0.3) is 0 Å². The molecule has 19 heavy (non-hydrogen) atoms. The highest BCUT2D eigenvalue weighted by molar-refractivity contribution is 9.10. The highest BCUT2D eigenvalue weighted by Gasteiger charge is 2.16. The highest BCUT2D eigenvalue weighted by Crippen LogP contribution is 2.24. The van der Waals surface area contributed by atoms with Gasteiger partial charge in [0.2, 0.25) is 5.76 Å². The van der Waals surface area contributed by atoms with Crippen molar-refractivity contribution < 1.29 is 19.2 Å². The van der Waals surface area contributed by atoms with Crippen molar-refractivity contribution in [3.63, 3.8) is 0 Å². The number of aromatic nitrogens is 1. The van der Waals surface area contributed by atoms with Crippen LogP contribution in [0.5, 0.6) is 0 Å². The number of carbonyl (C=O) groups is 2. The van der Waals surface area contributed by atoms with Gasteiger partial charge in [0.15, 0.2) is 0 Å². The number of carboxylic acid groups (broad SMARTS) is 1. The normalized spacial score (nSPS) is 10.2. The smallest absolute Gasteiger partial charge is 0.335 e. The molecule has 1 aromatic carbocycles. The minimum Gasteiger partial charge on any atom is -0.478 e. The van der Waals surface area contributed by atoms with Crippen LogP contribution in [0.1, 0.15) is 26.5 Å². The van der Waals surface area contributed by atoms with E-state index in [0.29, 0.717) is 15.7 Å². The van der Waals surface area contributed by atoms with E-state index in [2.05, 4.69) is 26.4 Å². The molecule has 0 saturated carbocycles. The van der Waals surface area contributed by atoms with E-state index in [1.165, 1.54) is 18.3 Å². The first-order valence-electron chi connectivity index (χ1n) is 5.24. The van der Waals surface area contributed by atoms with Crippen molar-refractivity contribution in [1.29, 1.82) is 0 Å². The monoisotopic (exact) mass is 324 g/mol. The average molecular weight is 325 g/mol. The molecule has 2 aromatic rings. The quantitative estimate of drug-likeness (QED) is 0.905. The number of hydrogen-bond donors (Lipinski definition) is 2. The SMILES string of the molecule is Cc1cnoc1C(=O)Nc1cc(C(=O)O)ccc1Br. The Morgan fingerprint density at radius 1 is 1.42 bits per heavy atom. The van der Waals surface area contributed by atoms with Gasteiger partial charge in [-0.25, -0.2) is 4.79 Å². The zero-order chi connectivity index (χ0) is 14.0. The third-order valence-electron chi connectivity index (χ3n) is 2.42. The van der Waals surface area contributed by atoms with Gasteiger partial charge in [-0.2, -0.15) is 0 Å². The molecule has 0 bridgehead atoms. The van der Waals surface area contributed by atoms with Gasteiger partial charge in [-0.1, -0.05) is 5.16 Å². The van der Waals surface area contributed by atoms with Gasteiger partial charge in [0.25, 0.3) is 5.91 Å². The molecule has 6 nitrogen and oxygen atoms in total. The van der Waals surface area contributed by atoms with E-state index in [1.807, 2.05) is 0 Å². The summed E-state index contributed by atoms with van der Waals surface area (Å²) in [6.45, 7) is 1.69. The van der Waals surface area contributed by atoms with E-state index in [4.69, 9.17) is 9.63 Å². The molecule has 1 amide bonds. The second-order valence-electron chi connectivity index (χ2n) is 3.79. The van der Waals surface area contributed by atoms with Crippen molar-refractivity contribution in [2.45, 2.75) is 6.92 Å². The van der Waals surface area contributed by atoms with Crippen LogP contribution in [0.4, 0.5) is 5.69 Å². The Morgan fingerprint density at radius 2 is 2.16 bits per heavy atom. The maximum absolute atomic E-state index is 11.9. The van der Waals surface area contributed by atoms with Gasteiger partial charge in [0.1, 0.15) is 0 Å². The summed E-state index contributed by atoms with van der Waals surface area (Å²) < 4.78 is 5.39. The van der Waals surface area contributed by atoms with Crippen molar-refractivity contribution in [2.75, 3.05) is 5.32 Å². The molecule has 2 rings (SSSR count). The van der Waals surface area contributed by atoms with E-state index in [-0.39, 0.29) is 11.3 Å². The molecule has 0 atom stereocenters. The molecular weight excluding hydrogens is 316 g/mol. The molecule has 0 spiro atoms. The van der Waals surface area contributed by atoms with Crippen molar-refractivity contribution in [2.24, 2.45) is 0 Å². The molecule has 7 heteroatoms. The molecule has 2 N–H and O–H groups in total. The Hall–Kier alpha value is -2.15. The lowest BCUT2D eigenvalue weighted by Gasteiger charge is -2.07. The number of nitrogens with one attached hydrogen (secondary N) is 1. The number of amides is 1. The summed E-state index contributed by atoms with van der Waals surface area (Å²) in [6.07, 6.45) is 1.43. The van der Waals surface area contributed by atoms with Crippen molar-refractivity contribution in [3.05, 3.63) is 45.8 Å². The van der Waals surface area contributed by atoms with E-state index in [1.54, 1.807) is 13.0 Å². The standard InChI is InChI=1S/C12H9BrN2O4/c1-6-5-14-19-10(6)11(16)15-9-4-7(12(17)18)2-3-8(9)13/h2-5H,1H3,(H,15,16)(H,17,18). The Bertz CT molecular complexity index is 651. The Morgan fingerprint density at radius 3 is 2.74 bits per heavy atom. The number of halogens is 1.